The number of methoxy groups -OCH3 is 1. The molecule has 1 aromatic carbocycles. The van der Waals surface area contributed by atoms with Crippen LogP contribution in [0, 0.1) is 12.8 Å². The third-order valence-corrected chi connectivity index (χ3v) is 1.91. The molecule has 0 unspecified atom stereocenters. The third kappa shape index (κ3) is 6.34. The predicted octanol–water partition coefficient (Wildman–Crippen LogP) is 3.34. The van der Waals surface area contributed by atoms with E-state index in [1.165, 1.54) is 5.56 Å². The van der Waals surface area contributed by atoms with Gasteiger partial charge in [0.05, 0.1) is 12.1 Å². The van der Waals surface area contributed by atoms with Gasteiger partial charge in [-0.1, -0.05) is 31.5 Å². The van der Waals surface area contributed by atoms with E-state index >= 15 is 0 Å². The number of hydrogen-bond acceptors (Lipinski definition) is 2. The molecule has 1 aromatic rings. The molecular weight excluding hydrogens is 222 g/mol. The van der Waals surface area contributed by atoms with Gasteiger partial charge in [0.15, 0.2) is 0 Å². The van der Waals surface area contributed by atoms with E-state index in [4.69, 9.17) is 16.3 Å². The van der Waals surface area contributed by atoms with Crippen LogP contribution in [0.4, 0.5) is 0 Å². The van der Waals surface area contributed by atoms with Gasteiger partial charge >= 0.3 is 0 Å². The molecule has 0 aliphatic carbocycles. The Morgan fingerprint density at radius 1 is 1.31 bits per heavy atom. The minimum Gasteiger partial charge on any atom is -0.495 e. The number of benzene rings is 1. The molecule has 0 fully saturated rings. The van der Waals surface area contributed by atoms with Crippen molar-refractivity contribution >= 4 is 11.6 Å². The number of halogens is 1. The van der Waals surface area contributed by atoms with Crippen molar-refractivity contribution in [2.45, 2.75) is 20.4 Å². The Labute approximate surface area is 104 Å². The summed E-state index contributed by atoms with van der Waals surface area (Å²) in [5.41, 5.74) is 1.17. The van der Waals surface area contributed by atoms with Gasteiger partial charge in [-0.25, -0.2) is 0 Å². The quantitative estimate of drug-likeness (QED) is 0.820. The molecule has 3 heteroatoms. The first kappa shape index (κ1) is 17.2. The molecule has 0 heterocycles. The van der Waals surface area contributed by atoms with Crippen LogP contribution in [-0.4, -0.2) is 14.2 Å². The number of ether oxygens (including phenoxy) is 1. The van der Waals surface area contributed by atoms with Gasteiger partial charge < -0.3 is 10.1 Å². The molecule has 0 atom stereocenters. The second kappa shape index (κ2) is 11.9. The number of hydrogen-bond donors (Lipinski definition) is 1. The van der Waals surface area contributed by atoms with Crippen LogP contribution in [0.3, 0.4) is 0 Å². The fourth-order valence-corrected chi connectivity index (χ4v) is 1.21. The van der Waals surface area contributed by atoms with Crippen LogP contribution in [0.15, 0.2) is 18.2 Å². The van der Waals surface area contributed by atoms with Crippen molar-refractivity contribution in [1.29, 1.82) is 0 Å². The molecule has 0 spiro atoms. The maximum atomic E-state index is 5.85. The molecule has 0 aliphatic rings. The van der Waals surface area contributed by atoms with Crippen molar-refractivity contribution in [2.24, 2.45) is 0 Å². The van der Waals surface area contributed by atoms with Gasteiger partial charge in [-0.15, -0.1) is 12.8 Å². The van der Waals surface area contributed by atoms with Crippen LogP contribution in [0.1, 0.15) is 19.4 Å². The lowest BCUT2D eigenvalue weighted by Gasteiger charge is -2.05. The smallest absolute Gasteiger partial charge is 0.137 e. The minimum atomic E-state index is 0.650. The summed E-state index contributed by atoms with van der Waals surface area (Å²) < 4.78 is 5.07. The second-order valence-corrected chi connectivity index (χ2v) is 2.91. The lowest BCUT2D eigenvalue weighted by Crippen LogP contribution is -2.04. The summed E-state index contributed by atoms with van der Waals surface area (Å²) >= 11 is 5.85. The molecule has 16 heavy (non-hydrogen) atoms. The highest BCUT2D eigenvalue weighted by Gasteiger charge is 2.00. The Kier molecular flexibility index (Phi) is 12.8. The molecule has 0 amide bonds. The molecular formula is C13H20ClNO. The third-order valence-electron chi connectivity index (χ3n) is 1.60. The Morgan fingerprint density at radius 2 is 1.88 bits per heavy atom. The SMILES string of the molecule is C#C.CC.CNCc1ccc(Cl)c(OC)c1. The van der Waals surface area contributed by atoms with Crippen molar-refractivity contribution in [3.8, 4) is 18.6 Å². The van der Waals surface area contributed by atoms with Crippen LogP contribution in [0.2, 0.25) is 5.02 Å². The first-order valence-corrected chi connectivity index (χ1v) is 5.46. The molecule has 0 saturated heterocycles. The largest absolute Gasteiger partial charge is 0.495 e. The topological polar surface area (TPSA) is 21.3 Å². The predicted molar refractivity (Wildman–Crippen MR) is 72.0 cm³/mol. The van der Waals surface area contributed by atoms with E-state index in [1.54, 1.807) is 7.11 Å². The summed E-state index contributed by atoms with van der Waals surface area (Å²) in [6, 6.07) is 5.74. The molecule has 1 N–H and O–H groups in total. The van der Waals surface area contributed by atoms with E-state index in [2.05, 4.69) is 18.2 Å². The first-order valence-electron chi connectivity index (χ1n) is 5.08. The Balaban J connectivity index is 0. The van der Waals surface area contributed by atoms with E-state index in [0.29, 0.717) is 5.02 Å². The van der Waals surface area contributed by atoms with Crippen molar-refractivity contribution in [1.82, 2.24) is 5.32 Å². The molecule has 0 saturated carbocycles. The molecule has 1 rings (SSSR count). The highest BCUT2D eigenvalue weighted by Crippen LogP contribution is 2.24. The van der Waals surface area contributed by atoms with E-state index < -0.39 is 0 Å². The molecule has 0 aromatic heterocycles. The number of terminal acetylenes is 1. The van der Waals surface area contributed by atoms with Gasteiger partial charge in [0, 0.05) is 6.54 Å². The van der Waals surface area contributed by atoms with Gasteiger partial charge in [0.1, 0.15) is 5.75 Å². The van der Waals surface area contributed by atoms with Crippen molar-refractivity contribution in [3.05, 3.63) is 28.8 Å². The second-order valence-electron chi connectivity index (χ2n) is 2.50. The van der Waals surface area contributed by atoms with Crippen molar-refractivity contribution < 1.29 is 4.74 Å². The van der Waals surface area contributed by atoms with Gasteiger partial charge in [-0.3, -0.25) is 0 Å². The average molecular weight is 242 g/mol. The van der Waals surface area contributed by atoms with Gasteiger partial charge in [0.25, 0.3) is 0 Å². The Hall–Kier alpha value is -1.17. The van der Waals surface area contributed by atoms with E-state index in [1.807, 2.05) is 39.1 Å². The zero-order valence-electron chi connectivity index (χ0n) is 10.4. The van der Waals surface area contributed by atoms with E-state index in [-0.39, 0.29) is 0 Å². The molecule has 2 nitrogen and oxygen atoms in total. The van der Waals surface area contributed by atoms with Gasteiger partial charge in [-0.05, 0) is 24.7 Å². The molecule has 0 bridgehead atoms. The maximum Gasteiger partial charge on any atom is 0.137 e. The van der Waals surface area contributed by atoms with Crippen LogP contribution >= 0.6 is 11.6 Å². The Bertz CT molecular complexity index is 297. The summed E-state index contributed by atoms with van der Waals surface area (Å²) in [4.78, 5) is 0. The molecule has 90 valence electrons. The standard InChI is InChI=1S/C9H12ClNO.C2H6.C2H2/c1-11-6-7-3-4-8(10)9(5-7)12-2;2*1-2/h3-5,11H,6H2,1-2H3;1-2H3;1-2H. The monoisotopic (exact) mass is 241 g/mol. The summed E-state index contributed by atoms with van der Waals surface area (Å²) in [6.45, 7) is 4.83. The normalized spacial score (nSPS) is 7.94. The fraction of sp³-hybridized carbons (Fsp3) is 0.385. The van der Waals surface area contributed by atoms with E-state index in [9.17, 15) is 0 Å². The van der Waals surface area contributed by atoms with Crippen molar-refractivity contribution in [2.75, 3.05) is 14.2 Å². The van der Waals surface area contributed by atoms with Crippen LogP contribution in [0.5, 0.6) is 5.75 Å². The zero-order valence-corrected chi connectivity index (χ0v) is 11.1. The molecule has 0 aliphatic heterocycles. The van der Waals surface area contributed by atoms with Crippen LogP contribution < -0.4 is 10.1 Å². The van der Waals surface area contributed by atoms with Gasteiger partial charge in [-0.2, -0.15) is 0 Å². The first-order chi connectivity index (χ1) is 7.77. The van der Waals surface area contributed by atoms with Crippen molar-refractivity contribution in [3.63, 3.8) is 0 Å². The van der Waals surface area contributed by atoms with E-state index in [0.717, 1.165) is 12.3 Å². The number of rotatable bonds is 3. The lowest BCUT2D eigenvalue weighted by molar-refractivity contribution is 0.414. The Morgan fingerprint density at radius 3 is 2.31 bits per heavy atom. The zero-order chi connectivity index (χ0) is 13.0. The summed E-state index contributed by atoms with van der Waals surface area (Å²) in [6.07, 6.45) is 8.00. The van der Waals surface area contributed by atoms with Crippen LogP contribution in [0.25, 0.3) is 0 Å². The van der Waals surface area contributed by atoms with Gasteiger partial charge in [0.2, 0.25) is 0 Å². The highest BCUT2D eigenvalue weighted by atomic mass is 35.5. The maximum absolute atomic E-state index is 5.85. The lowest BCUT2D eigenvalue weighted by atomic mass is 10.2. The summed E-state index contributed by atoms with van der Waals surface area (Å²) in [7, 11) is 3.52. The fourth-order valence-electron chi connectivity index (χ4n) is 1.02. The minimum absolute atomic E-state index is 0.650. The number of nitrogens with one attached hydrogen (secondary N) is 1. The highest BCUT2D eigenvalue weighted by molar-refractivity contribution is 6.32. The average Bonchev–Trinajstić information content (AvgIpc) is 2.37. The van der Waals surface area contributed by atoms with Crippen LogP contribution in [-0.2, 0) is 6.54 Å². The summed E-state index contributed by atoms with van der Waals surface area (Å²) in [5, 5.41) is 3.71. The summed E-state index contributed by atoms with van der Waals surface area (Å²) in [5.74, 6) is 0.726. The molecule has 0 radical (unpaired) electrons.